The molecule has 0 aliphatic carbocycles. The topological polar surface area (TPSA) is 56.7 Å². The fourth-order valence-corrected chi connectivity index (χ4v) is 2.35. The fourth-order valence-electron chi connectivity index (χ4n) is 2.35. The zero-order valence-electron chi connectivity index (χ0n) is 10.8. The molecule has 2 N–H and O–H groups in total. The van der Waals surface area contributed by atoms with Gasteiger partial charge in [-0.2, -0.15) is 5.10 Å². The Morgan fingerprint density at radius 2 is 2.00 bits per heavy atom. The molecule has 0 radical (unpaired) electrons. The minimum atomic E-state index is 0.00504. The summed E-state index contributed by atoms with van der Waals surface area (Å²) in [7, 11) is 0. The molecule has 0 fully saturated rings. The van der Waals surface area contributed by atoms with E-state index in [1.807, 2.05) is 4.68 Å². The predicted octanol–water partition coefficient (Wildman–Crippen LogP) is 2.29. The molecule has 0 saturated heterocycles. The third-order valence-corrected chi connectivity index (χ3v) is 3.72. The molecule has 0 bridgehead atoms. The minimum absolute atomic E-state index is 0.00504. The summed E-state index contributed by atoms with van der Waals surface area (Å²) in [5.41, 5.74) is 8.48. The van der Waals surface area contributed by atoms with Crippen LogP contribution < -0.4 is 5.73 Å². The number of hydrogen-bond acceptors (Lipinski definition) is 3. The maximum Gasteiger partial charge on any atom is 0.181 e. The van der Waals surface area contributed by atoms with Gasteiger partial charge in [-0.1, -0.05) is 36.8 Å². The van der Waals surface area contributed by atoms with Crippen molar-refractivity contribution in [3.05, 3.63) is 35.7 Å². The predicted molar refractivity (Wildman–Crippen MR) is 70.9 cm³/mol. The summed E-state index contributed by atoms with van der Waals surface area (Å²) in [4.78, 5) is 4.61. The molecule has 1 aliphatic rings. The van der Waals surface area contributed by atoms with Crippen molar-refractivity contribution in [3.63, 3.8) is 0 Å². The van der Waals surface area contributed by atoms with E-state index in [1.54, 1.807) is 0 Å². The van der Waals surface area contributed by atoms with Crippen LogP contribution in [0.1, 0.15) is 30.8 Å². The van der Waals surface area contributed by atoms with Crippen LogP contribution in [0.5, 0.6) is 0 Å². The largest absolute Gasteiger partial charge is 0.321 e. The summed E-state index contributed by atoms with van der Waals surface area (Å²) in [6, 6.07) is 8.29. The maximum atomic E-state index is 6.18. The minimum Gasteiger partial charge on any atom is -0.321 e. The van der Waals surface area contributed by atoms with Crippen molar-refractivity contribution >= 4 is 0 Å². The first-order chi connectivity index (χ1) is 8.65. The van der Waals surface area contributed by atoms with Gasteiger partial charge in [0.25, 0.3) is 0 Å². The van der Waals surface area contributed by atoms with E-state index in [-0.39, 0.29) is 6.04 Å². The second-order valence-corrected chi connectivity index (χ2v) is 5.17. The molecule has 0 spiro atoms. The van der Waals surface area contributed by atoms with Crippen molar-refractivity contribution in [2.45, 2.75) is 32.9 Å². The van der Waals surface area contributed by atoms with Gasteiger partial charge in [-0.25, -0.2) is 9.67 Å². The third-order valence-electron chi connectivity index (χ3n) is 3.72. The molecule has 1 aromatic carbocycles. The van der Waals surface area contributed by atoms with Crippen molar-refractivity contribution in [2.75, 3.05) is 0 Å². The first kappa shape index (κ1) is 11.4. The van der Waals surface area contributed by atoms with Crippen molar-refractivity contribution in [2.24, 2.45) is 11.7 Å². The molecule has 2 aromatic rings. The third kappa shape index (κ3) is 1.82. The van der Waals surface area contributed by atoms with Gasteiger partial charge >= 0.3 is 0 Å². The van der Waals surface area contributed by atoms with Gasteiger partial charge in [0.05, 0.1) is 6.04 Å². The molecule has 18 heavy (non-hydrogen) atoms. The molecule has 1 aliphatic heterocycles. The Morgan fingerprint density at radius 1 is 1.28 bits per heavy atom. The first-order valence-corrected chi connectivity index (χ1v) is 6.42. The zero-order chi connectivity index (χ0) is 12.7. The monoisotopic (exact) mass is 242 g/mol. The van der Waals surface area contributed by atoms with Gasteiger partial charge in [-0.15, -0.1) is 0 Å². The number of aryl methyl sites for hydroxylation is 2. The van der Waals surface area contributed by atoms with Crippen molar-refractivity contribution < 1.29 is 0 Å². The van der Waals surface area contributed by atoms with Gasteiger partial charge < -0.3 is 5.73 Å². The smallest absolute Gasteiger partial charge is 0.181 e. The molecule has 1 aromatic heterocycles. The maximum absolute atomic E-state index is 6.18. The summed E-state index contributed by atoms with van der Waals surface area (Å²) in [6.07, 6.45) is 1.07. The Morgan fingerprint density at radius 3 is 2.72 bits per heavy atom. The van der Waals surface area contributed by atoms with Crippen LogP contribution in [-0.4, -0.2) is 14.8 Å². The summed E-state index contributed by atoms with van der Waals surface area (Å²) in [5.74, 6) is 2.19. The van der Waals surface area contributed by atoms with E-state index >= 15 is 0 Å². The second kappa shape index (κ2) is 4.21. The van der Waals surface area contributed by atoms with Crippen LogP contribution in [0.4, 0.5) is 0 Å². The molecular weight excluding hydrogens is 224 g/mol. The number of nitrogens with zero attached hydrogens (tertiary/aromatic N) is 3. The van der Waals surface area contributed by atoms with Crippen LogP contribution in [0.25, 0.3) is 11.4 Å². The lowest BCUT2D eigenvalue weighted by Crippen LogP contribution is -2.29. The number of rotatable bonds is 1. The van der Waals surface area contributed by atoms with Crippen LogP contribution in [0.15, 0.2) is 24.3 Å². The van der Waals surface area contributed by atoms with Gasteiger partial charge in [-0.3, -0.25) is 0 Å². The van der Waals surface area contributed by atoms with Gasteiger partial charge in [0, 0.05) is 12.1 Å². The van der Waals surface area contributed by atoms with E-state index < -0.39 is 0 Å². The number of aromatic nitrogens is 3. The van der Waals surface area contributed by atoms with E-state index in [4.69, 9.17) is 5.73 Å². The van der Waals surface area contributed by atoms with Crippen LogP contribution in [0.3, 0.4) is 0 Å². The second-order valence-electron chi connectivity index (χ2n) is 5.17. The molecule has 3 rings (SSSR count). The van der Waals surface area contributed by atoms with Gasteiger partial charge in [0.15, 0.2) is 5.82 Å². The molecule has 2 unspecified atom stereocenters. The number of fused-ring (bicyclic) bond motifs is 1. The highest BCUT2D eigenvalue weighted by Gasteiger charge is 2.27. The summed E-state index contributed by atoms with van der Waals surface area (Å²) < 4.78 is 1.96. The van der Waals surface area contributed by atoms with E-state index in [0.29, 0.717) is 5.92 Å². The molecule has 4 heteroatoms. The molecule has 94 valence electrons. The Bertz CT molecular complexity index is 556. The quantitative estimate of drug-likeness (QED) is 0.834. The average molecular weight is 242 g/mol. The van der Waals surface area contributed by atoms with Gasteiger partial charge in [-0.05, 0) is 19.3 Å². The molecular formula is C14H18N4. The summed E-state index contributed by atoms with van der Waals surface area (Å²) in [6.45, 7) is 5.17. The standard InChI is InChI=1S/C14H18N4/c1-9-3-5-11(6-4-9)13-16-14-12(15)10(2)7-8-18(14)17-13/h3-6,10,12H,7-8,15H2,1-2H3. The van der Waals surface area contributed by atoms with Crippen molar-refractivity contribution in [1.29, 1.82) is 0 Å². The fraction of sp³-hybridized carbons (Fsp3) is 0.429. The number of benzene rings is 1. The average Bonchev–Trinajstić information content (AvgIpc) is 2.80. The van der Waals surface area contributed by atoms with Crippen LogP contribution in [0, 0.1) is 12.8 Å². The van der Waals surface area contributed by atoms with E-state index in [1.165, 1.54) is 5.56 Å². The molecule has 0 amide bonds. The molecule has 2 heterocycles. The van der Waals surface area contributed by atoms with Crippen LogP contribution in [0.2, 0.25) is 0 Å². The van der Waals surface area contributed by atoms with E-state index in [2.05, 4.69) is 48.2 Å². The van der Waals surface area contributed by atoms with Crippen LogP contribution >= 0.6 is 0 Å². The highest BCUT2D eigenvalue weighted by atomic mass is 15.4. The van der Waals surface area contributed by atoms with Crippen LogP contribution in [-0.2, 0) is 6.54 Å². The first-order valence-electron chi connectivity index (χ1n) is 6.42. The number of nitrogens with two attached hydrogens (primary N) is 1. The highest BCUT2D eigenvalue weighted by Crippen LogP contribution is 2.28. The van der Waals surface area contributed by atoms with E-state index in [9.17, 15) is 0 Å². The lowest BCUT2D eigenvalue weighted by molar-refractivity contribution is 0.323. The van der Waals surface area contributed by atoms with Gasteiger partial charge in [0.2, 0.25) is 0 Å². The highest BCUT2D eigenvalue weighted by molar-refractivity contribution is 5.55. The molecule has 4 nitrogen and oxygen atoms in total. The molecule has 0 saturated carbocycles. The Kier molecular flexibility index (Phi) is 2.67. The Labute approximate surface area is 107 Å². The lowest BCUT2D eigenvalue weighted by Gasteiger charge is -2.24. The summed E-state index contributed by atoms with van der Waals surface area (Å²) >= 11 is 0. The normalized spacial score (nSPS) is 22.8. The Balaban J connectivity index is 2.00. The lowest BCUT2D eigenvalue weighted by atomic mass is 9.95. The van der Waals surface area contributed by atoms with Gasteiger partial charge in [0.1, 0.15) is 5.82 Å². The van der Waals surface area contributed by atoms with E-state index in [0.717, 1.165) is 30.2 Å². The summed E-state index contributed by atoms with van der Waals surface area (Å²) in [5, 5.41) is 4.56. The number of hydrogen-bond donors (Lipinski definition) is 1. The van der Waals surface area contributed by atoms with Crippen molar-refractivity contribution in [1.82, 2.24) is 14.8 Å². The zero-order valence-corrected chi connectivity index (χ0v) is 10.8. The van der Waals surface area contributed by atoms with Crippen molar-refractivity contribution in [3.8, 4) is 11.4 Å². The molecule has 2 atom stereocenters. The SMILES string of the molecule is Cc1ccc(-c2nc3n(n2)CCC(C)C3N)cc1. The Hall–Kier alpha value is -1.68.